The lowest BCUT2D eigenvalue weighted by atomic mass is 10.2. The summed E-state index contributed by atoms with van der Waals surface area (Å²) < 4.78 is 0.962. The lowest BCUT2D eigenvalue weighted by Crippen LogP contribution is -2.01. The monoisotopic (exact) mass is 435 g/mol. The Bertz CT molecular complexity index is 900. The molecule has 1 aromatic heterocycles. The highest BCUT2D eigenvalue weighted by molar-refractivity contribution is 9.10. The molecule has 0 aliphatic carbocycles. The minimum atomic E-state index is 0.287. The molecule has 25 heavy (non-hydrogen) atoms. The van der Waals surface area contributed by atoms with Crippen molar-refractivity contribution in [2.24, 2.45) is 5.10 Å². The number of anilines is 3. The van der Waals surface area contributed by atoms with Crippen molar-refractivity contribution in [3.8, 4) is 0 Å². The Balaban J connectivity index is 1.71. The van der Waals surface area contributed by atoms with Crippen molar-refractivity contribution >= 4 is 62.8 Å². The van der Waals surface area contributed by atoms with Gasteiger partial charge in [-0.2, -0.15) is 15.1 Å². The maximum atomic E-state index is 6.05. The van der Waals surface area contributed by atoms with Crippen LogP contribution in [0.4, 0.5) is 17.5 Å². The van der Waals surface area contributed by atoms with Gasteiger partial charge in [-0.05, 0) is 35.9 Å². The van der Waals surface area contributed by atoms with Gasteiger partial charge >= 0.3 is 0 Å². The molecule has 126 valence electrons. The lowest BCUT2D eigenvalue weighted by Gasteiger charge is -2.08. The molecule has 0 bridgehead atoms. The summed E-state index contributed by atoms with van der Waals surface area (Å²) in [6, 6.07) is 16.6. The van der Waals surface area contributed by atoms with Gasteiger partial charge in [-0.15, -0.1) is 0 Å². The summed E-state index contributed by atoms with van der Waals surface area (Å²) >= 11 is 15.3. The van der Waals surface area contributed by atoms with Crippen LogP contribution in [0.2, 0.25) is 10.2 Å². The van der Waals surface area contributed by atoms with Crippen molar-refractivity contribution < 1.29 is 0 Å². The Morgan fingerprint density at radius 1 is 1.00 bits per heavy atom. The van der Waals surface area contributed by atoms with Gasteiger partial charge in [0, 0.05) is 21.2 Å². The van der Waals surface area contributed by atoms with Gasteiger partial charge < -0.3 is 5.32 Å². The molecule has 2 N–H and O–H groups in total. The summed E-state index contributed by atoms with van der Waals surface area (Å²) in [5, 5.41) is 8.25. The number of hydrazone groups is 1. The van der Waals surface area contributed by atoms with Crippen LogP contribution in [0.5, 0.6) is 0 Å². The van der Waals surface area contributed by atoms with Crippen LogP contribution in [-0.4, -0.2) is 16.2 Å². The van der Waals surface area contributed by atoms with Crippen molar-refractivity contribution in [3.63, 3.8) is 0 Å². The zero-order valence-electron chi connectivity index (χ0n) is 12.7. The SMILES string of the molecule is Clc1ccc(/C=N/Nc2nc(Cl)cc(Nc3cccc(Br)c3)n2)cc1. The molecule has 0 radical (unpaired) electrons. The van der Waals surface area contributed by atoms with Gasteiger partial charge in [0.05, 0.1) is 6.21 Å². The first-order chi connectivity index (χ1) is 12.1. The number of nitrogens with zero attached hydrogens (tertiary/aromatic N) is 3. The summed E-state index contributed by atoms with van der Waals surface area (Å²) in [5.41, 5.74) is 4.54. The van der Waals surface area contributed by atoms with Gasteiger partial charge in [0.25, 0.3) is 0 Å². The van der Waals surface area contributed by atoms with Crippen molar-refractivity contribution in [3.05, 3.63) is 74.8 Å². The molecular weight excluding hydrogens is 425 g/mol. The standard InChI is InChI=1S/C17H12BrCl2N5/c18-12-2-1-3-14(8-12)22-16-9-15(20)23-17(24-16)25-21-10-11-4-6-13(19)7-5-11/h1-10H,(H2,22,23,24,25)/b21-10+. The Morgan fingerprint density at radius 3 is 2.56 bits per heavy atom. The van der Waals surface area contributed by atoms with Crippen LogP contribution in [0.3, 0.4) is 0 Å². The van der Waals surface area contributed by atoms with Gasteiger partial charge in [0.2, 0.25) is 5.95 Å². The molecule has 1 heterocycles. The quantitative estimate of drug-likeness (QED) is 0.304. The van der Waals surface area contributed by atoms with Gasteiger partial charge in [-0.25, -0.2) is 5.43 Å². The Hall–Kier alpha value is -2.15. The summed E-state index contributed by atoms with van der Waals surface area (Å²) in [6.45, 7) is 0. The van der Waals surface area contributed by atoms with E-state index in [2.05, 4.69) is 41.7 Å². The molecule has 0 saturated carbocycles. The van der Waals surface area contributed by atoms with Crippen LogP contribution in [0.25, 0.3) is 0 Å². The van der Waals surface area contributed by atoms with Crippen molar-refractivity contribution in [2.45, 2.75) is 0 Å². The summed E-state index contributed by atoms with van der Waals surface area (Å²) in [6.07, 6.45) is 1.64. The highest BCUT2D eigenvalue weighted by Gasteiger charge is 2.03. The second-order valence-corrected chi connectivity index (χ2v) is 6.70. The maximum Gasteiger partial charge on any atom is 0.246 e. The van der Waals surface area contributed by atoms with Crippen LogP contribution >= 0.6 is 39.1 Å². The van der Waals surface area contributed by atoms with E-state index in [1.807, 2.05) is 36.4 Å². The third-order valence-corrected chi connectivity index (χ3v) is 3.98. The van der Waals surface area contributed by atoms with Crippen LogP contribution in [0.15, 0.2) is 64.2 Å². The molecule has 0 atom stereocenters. The zero-order valence-corrected chi connectivity index (χ0v) is 15.8. The van der Waals surface area contributed by atoms with Crippen molar-refractivity contribution in [1.82, 2.24) is 9.97 Å². The summed E-state index contributed by atoms with van der Waals surface area (Å²) in [4.78, 5) is 8.43. The minimum absolute atomic E-state index is 0.287. The van der Waals surface area contributed by atoms with Gasteiger partial charge in [-0.1, -0.05) is 57.3 Å². The first kappa shape index (κ1) is 17.7. The average Bonchev–Trinajstić information content (AvgIpc) is 2.56. The fourth-order valence-corrected chi connectivity index (χ4v) is 2.67. The van der Waals surface area contributed by atoms with Crippen LogP contribution in [0, 0.1) is 0 Å². The van der Waals surface area contributed by atoms with Gasteiger partial charge in [-0.3, -0.25) is 0 Å². The predicted octanol–water partition coefficient (Wildman–Crippen LogP) is 5.74. The molecule has 0 amide bonds. The third-order valence-electron chi connectivity index (χ3n) is 3.04. The topological polar surface area (TPSA) is 62.2 Å². The van der Waals surface area contributed by atoms with E-state index in [0.29, 0.717) is 16.0 Å². The molecule has 0 saturated heterocycles. The maximum absolute atomic E-state index is 6.05. The van der Waals surface area contributed by atoms with Gasteiger partial charge in [0.1, 0.15) is 11.0 Å². The highest BCUT2D eigenvalue weighted by atomic mass is 79.9. The molecule has 0 aliphatic rings. The molecule has 0 aliphatic heterocycles. The van der Waals surface area contributed by atoms with Crippen LogP contribution in [0.1, 0.15) is 5.56 Å². The van der Waals surface area contributed by atoms with E-state index in [4.69, 9.17) is 23.2 Å². The first-order valence-electron chi connectivity index (χ1n) is 7.20. The van der Waals surface area contributed by atoms with E-state index in [1.165, 1.54) is 0 Å². The minimum Gasteiger partial charge on any atom is -0.340 e. The predicted molar refractivity (Wildman–Crippen MR) is 107 cm³/mol. The molecule has 3 rings (SSSR count). The lowest BCUT2D eigenvalue weighted by molar-refractivity contribution is 1.12. The number of hydrogen-bond acceptors (Lipinski definition) is 5. The highest BCUT2D eigenvalue weighted by Crippen LogP contribution is 2.21. The van der Waals surface area contributed by atoms with Crippen LogP contribution in [-0.2, 0) is 0 Å². The van der Waals surface area contributed by atoms with E-state index in [-0.39, 0.29) is 5.95 Å². The average molecular weight is 437 g/mol. The first-order valence-corrected chi connectivity index (χ1v) is 8.75. The number of nitrogens with one attached hydrogen (secondary N) is 2. The summed E-state index contributed by atoms with van der Waals surface area (Å²) in [7, 11) is 0. The number of hydrogen-bond donors (Lipinski definition) is 2. The van der Waals surface area contributed by atoms with Crippen molar-refractivity contribution in [2.75, 3.05) is 10.7 Å². The molecule has 8 heteroatoms. The largest absolute Gasteiger partial charge is 0.340 e. The molecule has 0 spiro atoms. The number of rotatable bonds is 5. The van der Waals surface area contributed by atoms with E-state index in [0.717, 1.165) is 15.7 Å². The molecule has 0 unspecified atom stereocenters. The molecular formula is C17H12BrCl2N5. The third kappa shape index (κ3) is 5.42. The van der Waals surface area contributed by atoms with E-state index in [9.17, 15) is 0 Å². The molecule has 5 nitrogen and oxygen atoms in total. The Labute approximate surface area is 163 Å². The number of aromatic nitrogens is 2. The number of benzene rings is 2. The smallest absolute Gasteiger partial charge is 0.246 e. The fraction of sp³-hybridized carbons (Fsp3) is 0. The van der Waals surface area contributed by atoms with Crippen LogP contribution < -0.4 is 10.7 Å². The normalized spacial score (nSPS) is 10.8. The van der Waals surface area contributed by atoms with E-state index in [1.54, 1.807) is 24.4 Å². The zero-order chi connectivity index (χ0) is 17.6. The molecule has 2 aromatic carbocycles. The number of halogens is 3. The second-order valence-electron chi connectivity index (χ2n) is 4.96. The Kier molecular flexibility index (Phi) is 5.86. The van der Waals surface area contributed by atoms with E-state index < -0.39 is 0 Å². The Morgan fingerprint density at radius 2 is 1.80 bits per heavy atom. The fourth-order valence-electron chi connectivity index (χ4n) is 1.96. The van der Waals surface area contributed by atoms with Crippen molar-refractivity contribution in [1.29, 1.82) is 0 Å². The second kappa shape index (κ2) is 8.29. The molecule has 0 fully saturated rings. The molecule has 3 aromatic rings. The summed E-state index contributed by atoms with van der Waals surface area (Å²) in [5.74, 6) is 0.845. The van der Waals surface area contributed by atoms with Gasteiger partial charge in [0.15, 0.2) is 0 Å². The van der Waals surface area contributed by atoms with E-state index >= 15 is 0 Å².